The molecule has 0 aliphatic rings. The average Bonchev–Trinajstić information content (AvgIpc) is 2.24. The normalized spacial score (nSPS) is 11.3. The molecule has 0 heterocycles. The number of carboxylic acid groups (broad SMARTS) is 1. The fourth-order valence-corrected chi connectivity index (χ4v) is 2.49. The van der Waals surface area contributed by atoms with Gasteiger partial charge < -0.3 is 16.2 Å². The fraction of sp³-hybridized carbons (Fsp3) is 0.364. The largest absolute Gasteiger partial charge is 0.478 e. The van der Waals surface area contributed by atoms with Crippen LogP contribution in [-0.2, 0) is 9.84 Å². The van der Waals surface area contributed by atoms with E-state index in [1.54, 1.807) is 0 Å². The van der Waals surface area contributed by atoms with E-state index in [2.05, 4.69) is 5.32 Å². The molecule has 19 heavy (non-hydrogen) atoms. The Kier molecular flexibility index (Phi) is 5.02. The molecule has 0 aromatic heterocycles. The van der Waals surface area contributed by atoms with Crippen LogP contribution in [-0.4, -0.2) is 38.0 Å². The van der Waals surface area contributed by atoms with Gasteiger partial charge in [-0.1, -0.05) is 11.6 Å². The van der Waals surface area contributed by atoms with Gasteiger partial charge in [-0.05, 0) is 18.6 Å². The van der Waals surface area contributed by atoms with Crippen molar-refractivity contribution in [2.75, 3.05) is 29.6 Å². The van der Waals surface area contributed by atoms with E-state index in [-0.39, 0.29) is 27.7 Å². The van der Waals surface area contributed by atoms with Gasteiger partial charge in [0.05, 0.1) is 22.0 Å². The van der Waals surface area contributed by atoms with Gasteiger partial charge in [-0.2, -0.15) is 0 Å². The molecule has 0 unspecified atom stereocenters. The molecular formula is C11H15ClN2O4S. The van der Waals surface area contributed by atoms with Crippen molar-refractivity contribution < 1.29 is 18.3 Å². The lowest BCUT2D eigenvalue weighted by Crippen LogP contribution is -2.12. The minimum absolute atomic E-state index is 0.0228. The van der Waals surface area contributed by atoms with E-state index in [4.69, 9.17) is 22.4 Å². The number of hydrogen-bond donors (Lipinski definition) is 3. The third-order valence-electron chi connectivity index (χ3n) is 2.34. The Hall–Kier alpha value is -1.47. The lowest BCUT2D eigenvalue weighted by molar-refractivity contribution is 0.0698. The van der Waals surface area contributed by atoms with Gasteiger partial charge in [0.25, 0.3) is 0 Å². The Morgan fingerprint density at radius 3 is 2.63 bits per heavy atom. The summed E-state index contributed by atoms with van der Waals surface area (Å²) in [5, 5.41) is 12.1. The number of hydrogen-bond acceptors (Lipinski definition) is 5. The highest BCUT2D eigenvalue weighted by atomic mass is 35.5. The summed E-state index contributed by atoms with van der Waals surface area (Å²) >= 11 is 5.92. The first-order valence-electron chi connectivity index (χ1n) is 5.44. The number of benzene rings is 1. The molecule has 0 fully saturated rings. The summed E-state index contributed by atoms with van der Waals surface area (Å²) < 4.78 is 21.9. The molecule has 8 heteroatoms. The molecule has 0 atom stereocenters. The van der Waals surface area contributed by atoms with Gasteiger partial charge in [0.2, 0.25) is 0 Å². The molecule has 4 N–H and O–H groups in total. The predicted octanol–water partition coefficient (Wildman–Crippen LogP) is 1.47. The smallest absolute Gasteiger partial charge is 0.337 e. The van der Waals surface area contributed by atoms with Crippen LogP contribution in [0.25, 0.3) is 0 Å². The number of nitrogens with one attached hydrogen (secondary N) is 1. The number of carbonyl (C=O) groups is 1. The maximum Gasteiger partial charge on any atom is 0.337 e. The standard InChI is InChI=1S/C11H15ClN2O4S/c1-19(17,18)4-2-3-14-10-8(11(15)16)5-7(13)6-9(10)12/h5-6,14H,2-4,13H2,1H3,(H,15,16). The fourth-order valence-electron chi connectivity index (χ4n) is 1.52. The van der Waals surface area contributed by atoms with E-state index < -0.39 is 15.8 Å². The van der Waals surface area contributed by atoms with Crippen LogP contribution in [0.2, 0.25) is 5.02 Å². The second-order valence-electron chi connectivity index (χ2n) is 4.14. The number of anilines is 2. The molecule has 106 valence electrons. The summed E-state index contributed by atoms with van der Waals surface area (Å²) in [4.78, 5) is 11.1. The number of sulfone groups is 1. The van der Waals surface area contributed by atoms with Crippen LogP contribution in [0.4, 0.5) is 11.4 Å². The van der Waals surface area contributed by atoms with Crippen LogP contribution in [0.15, 0.2) is 12.1 Å². The lowest BCUT2D eigenvalue weighted by Gasteiger charge is -2.12. The van der Waals surface area contributed by atoms with Gasteiger partial charge in [-0.25, -0.2) is 13.2 Å². The van der Waals surface area contributed by atoms with Crippen LogP contribution in [0.5, 0.6) is 0 Å². The molecule has 1 aromatic carbocycles. The van der Waals surface area contributed by atoms with E-state index in [0.717, 1.165) is 6.26 Å². The van der Waals surface area contributed by atoms with Crippen molar-refractivity contribution in [2.45, 2.75) is 6.42 Å². The van der Waals surface area contributed by atoms with E-state index >= 15 is 0 Å². The number of nitrogen functional groups attached to an aromatic ring is 1. The van der Waals surface area contributed by atoms with Crippen molar-refractivity contribution >= 4 is 38.8 Å². The Balaban J connectivity index is 2.80. The van der Waals surface area contributed by atoms with Crippen molar-refractivity contribution in [1.29, 1.82) is 0 Å². The molecule has 1 rings (SSSR count). The van der Waals surface area contributed by atoms with Crippen LogP contribution >= 0.6 is 11.6 Å². The molecule has 0 bridgehead atoms. The van der Waals surface area contributed by atoms with Gasteiger partial charge in [0.1, 0.15) is 9.84 Å². The summed E-state index contributed by atoms with van der Waals surface area (Å²) in [6.07, 6.45) is 1.50. The highest BCUT2D eigenvalue weighted by molar-refractivity contribution is 7.90. The molecule has 0 radical (unpaired) electrons. The number of halogens is 1. The Morgan fingerprint density at radius 1 is 1.47 bits per heavy atom. The molecule has 0 aliphatic carbocycles. The highest BCUT2D eigenvalue weighted by Gasteiger charge is 2.14. The zero-order chi connectivity index (χ0) is 14.6. The monoisotopic (exact) mass is 306 g/mol. The zero-order valence-corrected chi connectivity index (χ0v) is 11.9. The van der Waals surface area contributed by atoms with E-state index in [1.165, 1.54) is 12.1 Å². The molecule has 6 nitrogen and oxygen atoms in total. The van der Waals surface area contributed by atoms with Gasteiger partial charge >= 0.3 is 5.97 Å². The third kappa shape index (κ3) is 4.96. The van der Waals surface area contributed by atoms with E-state index in [1.807, 2.05) is 0 Å². The minimum Gasteiger partial charge on any atom is -0.478 e. The van der Waals surface area contributed by atoms with E-state index in [9.17, 15) is 13.2 Å². The summed E-state index contributed by atoms with van der Waals surface area (Å²) in [6.45, 7) is 0.303. The molecule has 1 aromatic rings. The lowest BCUT2D eigenvalue weighted by atomic mass is 10.1. The number of carboxylic acids is 1. The van der Waals surface area contributed by atoms with Gasteiger partial charge in [-0.15, -0.1) is 0 Å². The zero-order valence-electron chi connectivity index (χ0n) is 10.3. The summed E-state index contributed by atoms with van der Waals surface area (Å²) in [5.74, 6) is -1.13. The third-order valence-corrected chi connectivity index (χ3v) is 3.66. The molecule has 0 spiro atoms. The maximum absolute atomic E-state index is 11.1. The number of nitrogens with two attached hydrogens (primary N) is 1. The second kappa shape index (κ2) is 6.12. The molecule has 0 saturated carbocycles. The van der Waals surface area contributed by atoms with Crippen molar-refractivity contribution in [3.63, 3.8) is 0 Å². The molecule has 0 amide bonds. The van der Waals surface area contributed by atoms with Crippen LogP contribution in [0.3, 0.4) is 0 Å². The first-order chi connectivity index (χ1) is 8.70. The SMILES string of the molecule is CS(=O)(=O)CCCNc1c(Cl)cc(N)cc1C(=O)O. The summed E-state index contributed by atoms with van der Waals surface area (Å²) in [7, 11) is -3.03. The van der Waals surface area contributed by atoms with Crippen molar-refractivity contribution in [1.82, 2.24) is 0 Å². The van der Waals surface area contributed by atoms with Crippen molar-refractivity contribution in [2.24, 2.45) is 0 Å². The van der Waals surface area contributed by atoms with Gasteiger partial charge in [0, 0.05) is 18.5 Å². The molecular weight excluding hydrogens is 292 g/mol. The Bertz CT molecular complexity index is 587. The van der Waals surface area contributed by atoms with Crippen molar-refractivity contribution in [3.05, 3.63) is 22.7 Å². The number of aromatic carboxylic acids is 1. The Morgan fingerprint density at radius 2 is 2.11 bits per heavy atom. The van der Waals surface area contributed by atoms with E-state index in [0.29, 0.717) is 13.0 Å². The molecule has 0 aliphatic heterocycles. The second-order valence-corrected chi connectivity index (χ2v) is 6.81. The van der Waals surface area contributed by atoms with Crippen molar-refractivity contribution in [3.8, 4) is 0 Å². The van der Waals surface area contributed by atoms with Gasteiger partial charge in [-0.3, -0.25) is 0 Å². The van der Waals surface area contributed by atoms with Crippen LogP contribution < -0.4 is 11.1 Å². The quantitative estimate of drug-likeness (QED) is 0.542. The first-order valence-corrected chi connectivity index (χ1v) is 7.88. The Labute approximate surface area is 116 Å². The minimum atomic E-state index is -3.03. The average molecular weight is 307 g/mol. The highest BCUT2D eigenvalue weighted by Crippen LogP contribution is 2.29. The van der Waals surface area contributed by atoms with Crippen LogP contribution in [0, 0.1) is 0 Å². The predicted molar refractivity (Wildman–Crippen MR) is 75.6 cm³/mol. The van der Waals surface area contributed by atoms with Gasteiger partial charge in [0.15, 0.2) is 0 Å². The number of rotatable bonds is 6. The summed E-state index contributed by atoms with van der Waals surface area (Å²) in [5.41, 5.74) is 5.99. The molecule has 0 saturated heterocycles. The first kappa shape index (κ1) is 15.6. The maximum atomic E-state index is 11.1. The van der Waals surface area contributed by atoms with Crippen LogP contribution in [0.1, 0.15) is 16.8 Å². The topological polar surface area (TPSA) is 109 Å². The summed E-state index contributed by atoms with van der Waals surface area (Å²) in [6, 6.07) is 2.74.